The van der Waals surface area contributed by atoms with Crippen LogP contribution < -0.4 is 5.73 Å². The van der Waals surface area contributed by atoms with Crippen LogP contribution in [0.25, 0.3) is 22.4 Å². The van der Waals surface area contributed by atoms with E-state index in [-0.39, 0.29) is 0 Å². The first-order chi connectivity index (χ1) is 10.3. The van der Waals surface area contributed by atoms with E-state index >= 15 is 0 Å². The van der Waals surface area contributed by atoms with E-state index in [0.717, 1.165) is 22.4 Å². The molecule has 0 atom stereocenters. The summed E-state index contributed by atoms with van der Waals surface area (Å²) in [6.45, 7) is 0. The van der Waals surface area contributed by atoms with Crippen LogP contribution in [0.1, 0.15) is 10.4 Å². The van der Waals surface area contributed by atoms with E-state index in [9.17, 15) is 4.79 Å². The molecule has 0 aliphatic heterocycles. The second-order valence-electron chi connectivity index (χ2n) is 4.67. The van der Waals surface area contributed by atoms with Crippen LogP contribution in [0.2, 0.25) is 0 Å². The normalized spacial score (nSPS) is 10.3. The Balaban J connectivity index is 2.24. The molecule has 21 heavy (non-hydrogen) atoms. The minimum absolute atomic E-state index is 0.429. The molecule has 102 valence electrons. The van der Waals surface area contributed by atoms with Crippen molar-refractivity contribution in [1.29, 1.82) is 0 Å². The van der Waals surface area contributed by atoms with E-state index in [2.05, 4.69) is 4.98 Å². The third-order valence-corrected chi connectivity index (χ3v) is 3.35. The van der Waals surface area contributed by atoms with Gasteiger partial charge in [-0.05, 0) is 29.3 Å². The van der Waals surface area contributed by atoms with Crippen molar-refractivity contribution in [3.63, 3.8) is 0 Å². The predicted octanol–water partition coefficient (Wildman–Crippen LogP) is 3.51. The second-order valence-corrected chi connectivity index (χ2v) is 4.67. The van der Waals surface area contributed by atoms with Crippen molar-refractivity contribution in [3.05, 3.63) is 78.5 Å². The van der Waals surface area contributed by atoms with Crippen LogP contribution in [0.15, 0.2) is 72.9 Å². The number of rotatable bonds is 3. The maximum Gasteiger partial charge on any atom is 0.249 e. The largest absolute Gasteiger partial charge is 0.366 e. The van der Waals surface area contributed by atoms with Crippen molar-refractivity contribution in [1.82, 2.24) is 4.98 Å². The Labute approximate surface area is 123 Å². The number of hydrogen-bond acceptors (Lipinski definition) is 2. The van der Waals surface area contributed by atoms with Gasteiger partial charge in [0.15, 0.2) is 0 Å². The van der Waals surface area contributed by atoms with Gasteiger partial charge in [0.05, 0.1) is 5.69 Å². The van der Waals surface area contributed by atoms with Gasteiger partial charge in [0.2, 0.25) is 5.91 Å². The molecule has 2 aromatic carbocycles. The monoisotopic (exact) mass is 274 g/mol. The Bertz CT molecular complexity index is 782. The number of benzene rings is 2. The molecule has 1 aromatic heterocycles. The van der Waals surface area contributed by atoms with Crippen LogP contribution in [0.4, 0.5) is 0 Å². The number of carbonyl (C=O) groups is 1. The van der Waals surface area contributed by atoms with Gasteiger partial charge in [0, 0.05) is 17.3 Å². The zero-order chi connectivity index (χ0) is 14.7. The van der Waals surface area contributed by atoms with Gasteiger partial charge in [0.1, 0.15) is 0 Å². The van der Waals surface area contributed by atoms with Crippen LogP contribution in [0.5, 0.6) is 0 Å². The fourth-order valence-corrected chi connectivity index (χ4v) is 2.40. The van der Waals surface area contributed by atoms with E-state index < -0.39 is 5.91 Å². The quantitative estimate of drug-likeness (QED) is 0.794. The van der Waals surface area contributed by atoms with E-state index in [1.807, 2.05) is 60.7 Å². The molecule has 0 aliphatic rings. The Hall–Kier alpha value is -2.94. The number of nitrogens with zero attached hydrogens (tertiary/aromatic N) is 1. The zero-order valence-electron chi connectivity index (χ0n) is 11.4. The van der Waals surface area contributed by atoms with Crippen LogP contribution in [-0.2, 0) is 0 Å². The number of hydrogen-bond donors (Lipinski definition) is 1. The fourth-order valence-electron chi connectivity index (χ4n) is 2.40. The summed E-state index contributed by atoms with van der Waals surface area (Å²) < 4.78 is 0. The number of primary amides is 1. The van der Waals surface area contributed by atoms with Gasteiger partial charge in [-0.1, -0.05) is 48.5 Å². The molecular weight excluding hydrogens is 260 g/mol. The van der Waals surface area contributed by atoms with Gasteiger partial charge in [-0.2, -0.15) is 0 Å². The van der Waals surface area contributed by atoms with Crippen LogP contribution in [-0.4, -0.2) is 10.9 Å². The Morgan fingerprint density at radius 3 is 2.05 bits per heavy atom. The summed E-state index contributed by atoms with van der Waals surface area (Å²) in [4.78, 5) is 16.0. The van der Waals surface area contributed by atoms with Crippen molar-refractivity contribution in [2.24, 2.45) is 5.73 Å². The summed E-state index contributed by atoms with van der Waals surface area (Å²) >= 11 is 0. The van der Waals surface area contributed by atoms with E-state index in [1.165, 1.54) is 0 Å². The van der Waals surface area contributed by atoms with Crippen molar-refractivity contribution in [3.8, 4) is 22.4 Å². The molecule has 0 spiro atoms. The SMILES string of the molecule is NC(=O)c1ccccc1-c1ccccc1-c1ccccn1. The molecule has 0 aliphatic carbocycles. The highest BCUT2D eigenvalue weighted by molar-refractivity contribution is 6.01. The van der Waals surface area contributed by atoms with E-state index in [0.29, 0.717) is 5.56 Å². The van der Waals surface area contributed by atoms with Crippen molar-refractivity contribution >= 4 is 5.91 Å². The van der Waals surface area contributed by atoms with Gasteiger partial charge in [-0.25, -0.2) is 0 Å². The van der Waals surface area contributed by atoms with E-state index in [1.54, 1.807) is 12.3 Å². The van der Waals surface area contributed by atoms with Gasteiger partial charge in [-0.3, -0.25) is 9.78 Å². The summed E-state index contributed by atoms with van der Waals surface area (Å²) in [6.07, 6.45) is 1.76. The summed E-state index contributed by atoms with van der Waals surface area (Å²) in [5, 5.41) is 0. The molecular formula is C18H14N2O. The first-order valence-electron chi connectivity index (χ1n) is 6.67. The average molecular weight is 274 g/mol. The maximum absolute atomic E-state index is 11.6. The van der Waals surface area contributed by atoms with Gasteiger partial charge >= 0.3 is 0 Å². The first kappa shape index (κ1) is 13.1. The molecule has 0 radical (unpaired) electrons. The maximum atomic E-state index is 11.6. The number of nitrogens with two attached hydrogens (primary N) is 1. The van der Waals surface area contributed by atoms with Crippen molar-refractivity contribution in [2.45, 2.75) is 0 Å². The minimum atomic E-state index is -0.429. The second kappa shape index (κ2) is 5.59. The molecule has 1 heterocycles. The summed E-state index contributed by atoms with van der Waals surface area (Å²) in [5.74, 6) is -0.429. The fraction of sp³-hybridized carbons (Fsp3) is 0. The highest BCUT2D eigenvalue weighted by Gasteiger charge is 2.13. The molecule has 3 heteroatoms. The molecule has 0 saturated heterocycles. The molecule has 0 unspecified atom stereocenters. The van der Waals surface area contributed by atoms with Gasteiger partial charge in [0.25, 0.3) is 0 Å². The lowest BCUT2D eigenvalue weighted by Gasteiger charge is -2.12. The number of carbonyl (C=O) groups excluding carboxylic acids is 1. The standard InChI is InChI=1S/C18H14N2O/c19-18(21)16-10-4-2-8-14(16)13-7-1-3-9-15(13)17-11-5-6-12-20-17/h1-12H,(H2,19,21). The average Bonchev–Trinajstić information content (AvgIpc) is 2.55. The van der Waals surface area contributed by atoms with Crippen LogP contribution in [0.3, 0.4) is 0 Å². The van der Waals surface area contributed by atoms with Crippen molar-refractivity contribution in [2.75, 3.05) is 0 Å². The summed E-state index contributed by atoms with van der Waals surface area (Å²) in [5.41, 5.74) is 9.62. The third-order valence-electron chi connectivity index (χ3n) is 3.35. The van der Waals surface area contributed by atoms with E-state index in [4.69, 9.17) is 5.73 Å². The summed E-state index contributed by atoms with van der Waals surface area (Å²) in [7, 11) is 0. The third kappa shape index (κ3) is 2.54. The lowest BCUT2D eigenvalue weighted by atomic mass is 9.93. The van der Waals surface area contributed by atoms with Gasteiger partial charge in [-0.15, -0.1) is 0 Å². The number of amides is 1. The number of aromatic nitrogens is 1. The topological polar surface area (TPSA) is 56.0 Å². The summed E-state index contributed by atoms with van der Waals surface area (Å²) in [6, 6.07) is 21.0. The molecule has 0 fully saturated rings. The predicted molar refractivity (Wildman–Crippen MR) is 83.6 cm³/mol. The van der Waals surface area contributed by atoms with Gasteiger partial charge < -0.3 is 5.73 Å². The molecule has 0 saturated carbocycles. The smallest absolute Gasteiger partial charge is 0.249 e. The molecule has 0 bridgehead atoms. The first-order valence-corrected chi connectivity index (χ1v) is 6.67. The molecule has 2 N–H and O–H groups in total. The molecule has 3 nitrogen and oxygen atoms in total. The zero-order valence-corrected chi connectivity index (χ0v) is 11.4. The van der Waals surface area contributed by atoms with Crippen LogP contribution >= 0.6 is 0 Å². The highest BCUT2D eigenvalue weighted by Crippen LogP contribution is 2.32. The van der Waals surface area contributed by atoms with Crippen molar-refractivity contribution < 1.29 is 4.79 Å². The number of pyridine rings is 1. The lowest BCUT2D eigenvalue weighted by Crippen LogP contribution is -2.12. The highest BCUT2D eigenvalue weighted by atomic mass is 16.1. The molecule has 1 amide bonds. The van der Waals surface area contributed by atoms with Crippen LogP contribution in [0, 0.1) is 0 Å². The lowest BCUT2D eigenvalue weighted by molar-refractivity contribution is 0.100. The molecule has 3 aromatic rings. The molecule has 3 rings (SSSR count). The Morgan fingerprint density at radius 2 is 1.38 bits per heavy atom. The minimum Gasteiger partial charge on any atom is -0.366 e. The Morgan fingerprint density at radius 1 is 0.762 bits per heavy atom. The Kier molecular flexibility index (Phi) is 3.48.